The molecule has 6 heteroatoms. The lowest BCUT2D eigenvalue weighted by atomic mass is 9.88. The van der Waals surface area contributed by atoms with E-state index in [9.17, 15) is 18.0 Å². The van der Waals surface area contributed by atoms with Crippen LogP contribution < -0.4 is 5.32 Å². The molecule has 4 aromatic rings. The van der Waals surface area contributed by atoms with Gasteiger partial charge in [0, 0.05) is 30.5 Å². The van der Waals surface area contributed by atoms with Crippen LogP contribution >= 0.6 is 0 Å². The molecule has 1 aliphatic rings. The van der Waals surface area contributed by atoms with Crippen LogP contribution in [0.4, 0.5) is 18.9 Å². The van der Waals surface area contributed by atoms with E-state index in [0.29, 0.717) is 12.2 Å². The second-order valence-corrected chi connectivity index (χ2v) is 7.50. The zero-order valence-corrected chi connectivity index (χ0v) is 15.8. The zero-order valence-electron chi connectivity index (χ0n) is 15.8. The van der Waals surface area contributed by atoms with Gasteiger partial charge in [0.15, 0.2) is 17.5 Å². The maximum absolute atomic E-state index is 14.0. The van der Waals surface area contributed by atoms with Gasteiger partial charge in [-0.05, 0) is 41.0 Å². The summed E-state index contributed by atoms with van der Waals surface area (Å²) < 4.78 is 43.5. The van der Waals surface area contributed by atoms with E-state index in [1.807, 2.05) is 54.7 Å². The van der Waals surface area contributed by atoms with Gasteiger partial charge >= 0.3 is 0 Å². The maximum atomic E-state index is 14.0. The summed E-state index contributed by atoms with van der Waals surface area (Å²) in [7, 11) is 0. The molecule has 0 aliphatic carbocycles. The minimum absolute atomic E-state index is 0.00361. The molecule has 0 spiro atoms. The van der Waals surface area contributed by atoms with Crippen LogP contribution in [0.1, 0.15) is 29.0 Å². The van der Waals surface area contributed by atoms with Crippen molar-refractivity contribution >= 4 is 22.5 Å². The first-order chi connectivity index (χ1) is 14.5. The van der Waals surface area contributed by atoms with Crippen LogP contribution in [-0.2, 0) is 11.3 Å². The number of carbonyl (C=O) groups is 1. The molecular weight excluding hydrogens is 389 g/mol. The van der Waals surface area contributed by atoms with Crippen LogP contribution in [0.2, 0.25) is 0 Å². The fourth-order valence-electron chi connectivity index (χ4n) is 4.23. The Bertz CT molecular complexity index is 1260. The van der Waals surface area contributed by atoms with E-state index in [4.69, 9.17) is 0 Å². The highest BCUT2D eigenvalue weighted by atomic mass is 19.2. The van der Waals surface area contributed by atoms with Crippen LogP contribution in [0.3, 0.4) is 0 Å². The van der Waals surface area contributed by atoms with E-state index in [-0.39, 0.29) is 17.9 Å². The number of rotatable bonds is 3. The number of aromatic nitrogens is 1. The molecule has 1 unspecified atom stereocenters. The van der Waals surface area contributed by atoms with E-state index < -0.39 is 23.4 Å². The van der Waals surface area contributed by atoms with Crippen molar-refractivity contribution in [3.05, 3.63) is 101 Å². The smallest absolute Gasteiger partial charge is 0.225 e. The molecule has 0 radical (unpaired) electrons. The van der Waals surface area contributed by atoms with Crippen molar-refractivity contribution in [2.75, 3.05) is 5.32 Å². The highest BCUT2D eigenvalue weighted by molar-refractivity contribution is 6.06. The predicted octanol–water partition coefficient (Wildman–Crippen LogP) is 5.58. The first-order valence-electron chi connectivity index (χ1n) is 9.61. The van der Waals surface area contributed by atoms with Gasteiger partial charge in [0.05, 0.1) is 11.2 Å². The Kier molecular flexibility index (Phi) is 4.35. The van der Waals surface area contributed by atoms with E-state index >= 15 is 0 Å². The van der Waals surface area contributed by atoms with Gasteiger partial charge in [-0.25, -0.2) is 13.2 Å². The van der Waals surface area contributed by atoms with Crippen LogP contribution in [0, 0.1) is 17.5 Å². The first-order valence-corrected chi connectivity index (χ1v) is 9.61. The third kappa shape index (κ3) is 3.05. The molecule has 0 bridgehead atoms. The Labute approximate surface area is 170 Å². The van der Waals surface area contributed by atoms with Gasteiger partial charge in [0.25, 0.3) is 0 Å². The zero-order chi connectivity index (χ0) is 20.8. The number of benzene rings is 3. The average molecular weight is 406 g/mol. The van der Waals surface area contributed by atoms with Crippen molar-refractivity contribution in [2.45, 2.75) is 18.9 Å². The maximum Gasteiger partial charge on any atom is 0.225 e. The lowest BCUT2D eigenvalue weighted by Crippen LogP contribution is -2.14. The second-order valence-electron chi connectivity index (χ2n) is 7.50. The Balaban J connectivity index is 1.71. The van der Waals surface area contributed by atoms with Gasteiger partial charge in [-0.2, -0.15) is 0 Å². The SMILES string of the molecule is O=C1CC(c2cc(F)c(F)c(F)c2)c2cn(Cc3ccccc3)c3cccc(c23)N1. The summed E-state index contributed by atoms with van der Waals surface area (Å²) in [6.07, 6.45) is 1.93. The Morgan fingerprint density at radius 1 is 0.967 bits per heavy atom. The van der Waals surface area contributed by atoms with Crippen molar-refractivity contribution in [1.82, 2.24) is 4.57 Å². The first kappa shape index (κ1) is 18.5. The Morgan fingerprint density at radius 3 is 2.43 bits per heavy atom. The quantitative estimate of drug-likeness (QED) is 0.443. The highest BCUT2D eigenvalue weighted by Gasteiger charge is 2.29. The molecule has 0 saturated heterocycles. The van der Waals surface area contributed by atoms with Gasteiger partial charge in [-0.1, -0.05) is 36.4 Å². The van der Waals surface area contributed by atoms with E-state index in [0.717, 1.165) is 34.2 Å². The van der Waals surface area contributed by atoms with Gasteiger partial charge < -0.3 is 9.88 Å². The second kappa shape index (κ2) is 7.06. The molecule has 150 valence electrons. The molecule has 1 atom stereocenters. The molecule has 5 rings (SSSR count). The number of amides is 1. The monoisotopic (exact) mass is 406 g/mol. The number of halogens is 3. The van der Waals surface area contributed by atoms with Crippen LogP contribution in [-0.4, -0.2) is 10.5 Å². The van der Waals surface area contributed by atoms with E-state index in [1.165, 1.54) is 0 Å². The fourth-order valence-corrected chi connectivity index (χ4v) is 4.23. The molecule has 1 amide bonds. The topological polar surface area (TPSA) is 34.0 Å². The van der Waals surface area contributed by atoms with Crippen molar-refractivity contribution in [3.63, 3.8) is 0 Å². The number of anilines is 1. The summed E-state index contributed by atoms with van der Waals surface area (Å²) in [5, 5.41) is 3.72. The minimum atomic E-state index is -1.51. The lowest BCUT2D eigenvalue weighted by molar-refractivity contribution is -0.116. The highest BCUT2D eigenvalue weighted by Crippen LogP contribution is 2.41. The fraction of sp³-hybridized carbons (Fsp3) is 0.125. The lowest BCUT2D eigenvalue weighted by Gasteiger charge is -2.15. The molecule has 3 nitrogen and oxygen atoms in total. The third-order valence-corrected chi connectivity index (χ3v) is 5.58. The molecule has 0 saturated carbocycles. The Hall–Kier alpha value is -3.54. The van der Waals surface area contributed by atoms with E-state index in [2.05, 4.69) is 9.88 Å². The summed E-state index contributed by atoms with van der Waals surface area (Å²) in [6, 6.07) is 17.5. The molecule has 2 heterocycles. The number of carbonyl (C=O) groups excluding carboxylic acids is 1. The predicted molar refractivity (Wildman–Crippen MR) is 109 cm³/mol. The van der Waals surface area contributed by atoms with Crippen molar-refractivity contribution < 1.29 is 18.0 Å². The van der Waals surface area contributed by atoms with Gasteiger partial charge in [-0.15, -0.1) is 0 Å². The largest absolute Gasteiger partial charge is 0.343 e. The molecule has 0 fully saturated rings. The van der Waals surface area contributed by atoms with Crippen molar-refractivity contribution in [2.24, 2.45) is 0 Å². The molecule has 1 aromatic heterocycles. The molecule has 30 heavy (non-hydrogen) atoms. The van der Waals surface area contributed by atoms with E-state index in [1.54, 1.807) is 0 Å². The van der Waals surface area contributed by atoms with Gasteiger partial charge in [-0.3, -0.25) is 4.79 Å². The average Bonchev–Trinajstić information content (AvgIpc) is 3.02. The number of hydrogen-bond acceptors (Lipinski definition) is 1. The summed E-state index contributed by atoms with van der Waals surface area (Å²) in [6.45, 7) is 0.605. The molecular formula is C24H17F3N2O. The molecule has 1 aliphatic heterocycles. The van der Waals surface area contributed by atoms with Crippen molar-refractivity contribution in [1.29, 1.82) is 0 Å². The third-order valence-electron chi connectivity index (χ3n) is 5.58. The Morgan fingerprint density at radius 2 is 1.70 bits per heavy atom. The number of nitrogens with one attached hydrogen (secondary N) is 1. The summed E-state index contributed by atoms with van der Waals surface area (Å²) >= 11 is 0. The normalized spacial score (nSPS) is 15.8. The van der Waals surface area contributed by atoms with Crippen molar-refractivity contribution in [3.8, 4) is 0 Å². The summed E-state index contributed by atoms with van der Waals surface area (Å²) in [5.41, 5.74) is 3.67. The standard InChI is InChI=1S/C24H17F3N2O/c25-18-9-15(10-19(26)24(18)27)16-11-22(30)28-20-7-4-8-21-23(20)17(16)13-29(21)12-14-5-2-1-3-6-14/h1-10,13,16H,11-12H2,(H,28,30). The number of hydrogen-bond donors (Lipinski definition) is 1. The summed E-state index contributed by atoms with van der Waals surface area (Å²) in [5.74, 6) is -4.89. The molecule has 3 aromatic carbocycles. The molecule has 1 N–H and O–H groups in total. The minimum Gasteiger partial charge on any atom is -0.343 e. The van der Waals surface area contributed by atoms with Gasteiger partial charge in [0.2, 0.25) is 5.91 Å². The van der Waals surface area contributed by atoms with Crippen LogP contribution in [0.25, 0.3) is 10.9 Å². The number of nitrogens with zero attached hydrogens (tertiary/aromatic N) is 1. The van der Waals surface area contributed by atoms with Crippen LogP contribution in [0.5, 0.6) is 0 Å². The summed E-state index contributed by atoms with van der Waals surface area (Å²) in [4.78, 5) is 12.5. The van der Waals surface area contributed by atoms with Crippen LogP contribution in [0.15, 0.2) is 66.9 Å². The van der Waals surface area contributed by atoms with Gasteiger partial charge in [0.1, 0.15) is 0 Å².